The minimum absolute atomic E-state index is 0.102. The van der Waals surface area contributed by atoms with Crippen LogP contribution in [0.4, 0.5) is 4.79 Å². The second kappa shape index (κ2) is 5.34. The molecule has 7 heteroatoms. The Kier molecular flexibility index (Phi) is 3.81. The molecule has 0 unspecified atom stereocenters. The van der Waals surface area contributed by atoms with Crippen molar-refractivity contribution in [2.75, 3.05) is 20.2 Å². The molecule has 98 valence electrons. The number of carboxylic acid groups (broad SMARTS) is 1. The Bertz CT molecular complexity index is 452. The lowest BCUT2D eigenvalue weighted by atomic mass is 9.98. The van der Waals surface area contributed by atoms with Gasteiger partial charge in [-0.25, -0.2) is 14.6 Å². The van der Waals surface area contributed by atoms with Crippen LogP contribution in [0.3, 0.4) is 0 Å². The number of hydrogen-bond acceptors (Lipinski definition) is 5. The number of aromatic nitrogens is 1. The number of carboxylic acids is 1. The maximum atomic E-state index is 11.3. The molecule has 2 rings (SSSR count). The van der Waals surface area contributed by atoms with Crippen LogP contribution in [-0.2, 0) is 4.74 Å². The quantitative estimate of drug-likeness (QED) is 0.886. The lowest BCUT2D eigenvalue weighted by Gasteiger charge is -2.29. The number of thiazole rings is 1. The van der Waals surface area contributed by atoms with Crippen LogP contribution in [-0.4, -0.2) is 47.3 Å². The normalized spacial score (nSPS) is 16.6. The number of likely N-dealkylation sites (tertiary alicyclic amines) is 1. The summed E-state index contributed by atoms with van der Waals surface area (Å²) in [4.78, 5) is 27.8. The molecule has 0 spiro atoms. The number of rotatable bonds is 2. The van der Waals surface area contributed by atoms with E-state index in [1.54, 1.807) is 10.3 Å². The number of hydrogen-bond donors (Lipinski definition) is 1. The predicted molar refractivity (Wildman–Crippen MR) is 65.0 cm³/mol. The van der Waals surface area contributed by atoms with Crippen molar-refractivity contribution < 1.29 is 19.4 Å². The van der Waals surface area contributed by atoms with Crippen molar-refractivity contribution in [1.82, 2.24) is 9.88 Å². The van der Waals surface area contributed by atoms with Gasteiger partial charge in [0.2, 0.25) is 0 Å². The van der Waals surface area contributed by atoms with Crippen molar-refractivity contribution in [1.29, 1.82) is 0 Å². The average Bonchev–Trinajstić information content (AvgIpc) is 2.88. The van der Waals surface area contributed by atoms with Gasteiger partial charge in [-0.15, -0.1) is 11.3 Å². The van der Waals surface area contributed by atoms with Gasteiger partial charge in [0.05, 0.1) is 12.1 Å². The first kappa shape index (κ1) is 12.8. The van der Waals surface area contributed by atoms with Crippen LogP contribution >= 0.6 is 11.3 Å². The summed E-state index contributed by atoms with van der Waals surface area (Å²) in [5.41, 5.74) is 0.102. The van der Waals surface area contributed by atoms with Crippen molar-refractivity contribution in [3.8, 4) is 0 Å². The number of piperidine rings is 1. The zero-order valence-electron chi connectivity index (χ0n) is 9.96. The Morgan fingerprint density at radius 2 is 2.17 bits per heavy atom. The fourth-order valence-corrected chi connectivity index (χ4v) is 2.98. The van der Waals surface area contributed by atoms with Gasteiger partial charge in [0.25, 0.3) is 0 Å². The Hall–Kier alpha value is -1.63. The number of methoxy groups -OCH3 is 1. The SMILES string of the molecule is COC(=O)N1CCC(c2nc(C(=O)O)cs2)CC1. The zero-order chi connectivity index (χ0) is 13.1. The van der Waals surface area contributed by atoms with Gasteiger partial charge < -0.3 is 14.7 Å². The number of nitrogens with zero attached hydrogens (tertiary/aromatic N) is 2. The van der Waals surface area contributed by atoms with Gasteiger partial charge in [-0.05, 0) is 12.8 Å². The third-order valence-electron chi connectivity index (χ3n) is 3.02. The molecule has 0 saturated carbocycles. The molecule has 0 aliphatic carbocycles. The summed E-state index contributed by atoms with van der Waals surface area (Å²) in [6, 6.07) is 0. The van der Waals surface area contributed by atoms with Crippen molar-refractivity contribution in [3.05, 3.63) is 16.1 Å². The molecule has 1 aromatic heterocycles. The van der Waals surface area contributed by atoms with Crippen molar-refractivity contribution >= 4 is 23.4 Å². The van der Waals surface area contributed by atoms with Crippen LogP contribution < -0.4 is 0 Å². The molecular formula is C11H14N2O4S. The van der Waals surface area contributed by atoms with E-state index in [2.05, 4.69) is 9.72 Å². The minimum atomic E-state index is -0.996. The van der Waals surface area contributed by atoms with E-state index in [0.717, 1.165) is 17.8 Å². The van der Waals surface area contributed by atoms with E-state index in [4.69, 9.17) is 5.11 Å². The van der Waals surface area contributed by atoms with E-state index in [9.17, 15) is 9.59 Å². The maximum Gasteiger partial charge on any atom is 0.409 e. The van der Waals surface area contributed by atoms with E-state index in [0.29, 0.717) is 13.1 Å². The molecular weight excluding hydrogens is 256 g/mol. The molecule has 0 radical (unpaired) electrons. The van der Waals surface area contributed by atoms with Gasteiger partial charge in [0.1, 0.15) is 0 Å². The number of ether oxygens (including phenoxy) is 1. The van der Waals surface area contributed by atoms with Crippen LogP contribution in [0.5, 0.6) is 0 Å². The van der Waals surface area contributed by atoms with Crippen LogP contribution in [0.15, 0.2) is 5.38 Å². The van der Waals surface area contributed by atoms with Crippen LogP contribution in [0.1, 0.15) is 34.3 Å². The second-order valence-corrected chi connectivity index (χ2v) is 5.00. The standard InChI is InChI=1S/C11H14N2O4S/c1-17-11(16)13-4-2-7(3-5-13)9-12-8(6-18-9)10(14)15/h6-7H,2-5H2,1H3,(H,14,15). The van der Waals surface area contributed by atoms with Gasteiger partial charge in [-0.1, -0.05) is 0 Å². The molecule has 6 nitrogen and oxygen atoms in total. The number of amides is 1. The van der Waals surface area contributed by atoms with Gasteiger partial charge in [-0.3, -0.25) is 0 Å². The fraction of sp³-hybridized carbons (Fsp3) is 0.545. The van der Waals surface area contributed by atoms with E-state index < -0.39 is 5.97 Å². The third-order valence-corrected chi connectivity index (χ3v) is 4.03. The van der Waals surface area contributed by atoms with E-state index in [1.165, 1.54) is 18.4 Å². The molecule has 1 amide bonds. The van der Waals surface area contributed by atoms with E-state index in [1.807, 2.05) is 0 Å². The molecule has 18 heavy (non-hydrogen) atoms. The molecule has 0 atom stereocenters. The lowest BCUT2D eigenvalue weighted by Crippen LogP contribution is -2.37. The van der Waals surface area contributed by atoms with Crippen LogP contribution in [0, 0.1) is 0 Å². The Balaban J connectivity index is 1.96. The van der Waals surface area contributed by atoms with Crippen molar-refractivity contribution in [2.45, 2.75) is 18.8 Å². The summed E-state index contributed by atoms with van der Waals surface area (Å²) < 4.78 is 4.66. The molecule has 1 aliphatic heterocycles. The van der Waals surface area contributed by atoms with Crippen LogP contribution in [0.25, 0.3) is 0 Å². The topological polar surface area (TPSA) is 79.7 Å². The smallest absolute Gasteiger partial charge is 0.409 e. The summed E-state index contributed by atoms with van der Waals surface area (Å²) in [5, 5.41) is 11.2. The monoisotopic (exact) mass is 270 g/mol. The molecule has 1 saturated heterocycles. The summed E-state index contributed by atoms with van der Waals surface area (Å²) >= 11 is 1.37. The van der Waals surface area contributed by atoms with Crippen molar-refractivity contribution in [3.63, 3.8) is 0 Å². The summed E-state index contributed by atoms with van der Waals surface area (Å²) in [6.45, 7) is 1.25. The highest BCUT2D eigenvalue weighted by Crippen LogP contribution is 2.30. The summed E-state index contributed by atoms with van der Waals surface area (Å²) in [5.74, 6) is -0.756. The summed E-state index contributed by atoms with van der Waals surface area (Å²) in [6.07, 6.45) is 1.28. The number of carbonyl (C=O) groups excluding carboxylic acids is 1. The predicted octanol–water partition coefficient (Wildman–Crippen LogP) is 1.79. The number of carbonyl (C=O) groups is 2. The fourth-order valence-electron chi connectivity index (χ4n) is 2.01. The van der Waals surface area contributed by atoms with Gasteiger partial charge in [-0.2, -0.15) is 0 Å². The minimum Gasteiger partial charge on any atom is -0.476 e. The highest BCUT2D eigenvalue weighted by atomic mass is 32.1. The van der Waals surface area contributed by atoms with Crippen molar-refractivity contribution in [2.24, 2.45) is 0 Å². The first-order valence-electron chi connectivity index (χ1n) is 5.63. The zero-order valence-corrected chi connectivity index (χ0v) is 10.8. The summed E-state index contributed by atoms with van der Waals surface area (Å²) in [7, 11) is 1.37. The Morgan fingerprint density at radius 1 is 1.50 bits per heavy atom. The molecule has 1 fully saturated rings. The second-order valence-electron chi connectivity index (χ2n) is 4.11. The Morgan fingerprint density at radius 3 is 2.67 bits per heavy atom. The molecule has 1 N–H and O–H groups in total. The third kappa shape index (κ3) is 2.61. The number of aromatic carboxylic acids is 1. The first-order valence-corrected chi connectivity index (χ1v) is 6.51. The maximum absolute atomic E-state index is 11.3. The lowest BCUT2D eigenvalue weighted by molar-refractivity contribution is 0.0691. The molecule has 2 heterocycles. The van der Waals surface area contributed by atoms with E-state index in [-0.39, 0.29) is 17.7 Å². The van der Waals surface area contributed by atoms with E-state index >= 15 is 0 Å². The molecule has 0 aromatic carbocycles. The highest BCUT2D eigenvalue weighted by molar-refractivity contribution is 7.09. The first-order chi connectivity index (χ1) is 8.61. The highest BCUT2D eigenvalue weighted by Gasteiger charge is 2.26. The van der Waals surface area contributed by atoms with Gasteiger partial charge in [0.15, 0.2) is 5.69 Å². The van der Waals surface area contributed by atoms with Gasteiger partial charge in [0, 0.05) is 24.4 Å². The molecule has 1 aromatic rings. The Labute approximate surface area is 108 Å². The van der Waals surface area contributed by atoms with Gasteiger partial charge >= 0.3 is 12.1 Å². The van der Waals surface area contributed by atoms with Crippen LogP contribution in [0.2, 0.25) is 0 Å². The largest absolute Gasteiger partial charge is 0.476 e. The average molecular weight is 270 g/mol. The molecule has 1 aliphatic rings. The molecule has 0 bridgehead atoms.